The predicted octanol–water partition coefficient (Wildman–Crippen LogP) is 2.58. The van der Waals surface area contributed by atoms with Gasteiger partial charge < -0.3 is 10.6 Å². The normalized spacial score (nSPS) is 12.9. The van der Waals surface area contributed by atoms with Gasteiger partial charge in [0, 0.05) is 19.6 Å². The van der Waals surface area contributed by atoms with Crippen molar-refractivity contribution in [3.63, 3.8) is 0 Å². The summed E-state index contributed by atoms with van der Waals surface area (Å²) in [4.78, 5) is 6.63. The summed E-state index contributed by atoms with van der Waals surface area (Å²) in [7, 11) is 2.09. The number of anilines is 1. The van der Waals surface area contributed by atoms with E-state index in [9.17, 15) is 0 Å². The Morgan fingerprint density at radius 2 is 2.06 bits per heavy atom. The summed E-state index contributed by atoms with van der Waals surface area (Å²) in [6.07, 6.45) is 2.83. The lowest BCUT2D eigenvalue weighted by Gasteiger charge is -2.21. The molecule has 1 aromatic rings. The van der Waals surface area contributed by atoms with Crippen LogP contribution in [0.25, 0.3) is 0 Å². The SMILES string of the molecule is CC[C@@H](N)c1ccc(N(C)CC(C)C)cn1. The minimum atomic E-state index is 0.0597. The minimum absolute atomic E-state index is 0.0597. The van der Waals surface area contributed by atoms with Crippen molar-refractivity contribution in [2.45, 2.75) is 33.2 Å². The van der Waals surface area contributed by atoms with Gasteiger partial charge in [0.1, 0.15) is 0 Å². The number of nitrogens with two attached hydrogens (primary N) is 1. The average molecular weight is 221 g/mol. The van der Waals surface area contributed by atoms with E-state index in [1.54, 1.807) is 0 Å². The number of aromatic nitrogens is 1. The van der Waals surface area contributed by atoms with E-state index in [0.717, 1.165) is 24.3 Å². The van der Waals surface area contributed by atoms with Crippen molar-refractivity contribution in [1.82, 2.24) is 4.98 Å². The summed E-state index contributed by atoms with van der Waals surface area (Å²) in [6, 6.07) is 4.19. The van der Waals surface area contributed by atoms with Crippen molar-refractivity contribution in [2.75, 3.05) is 18.5 Å². The van der Waals surface area contributed by atoms with E-state index >= 15 is 0 Å². The Morgan fingerprint density at radius 1 is 1.38 bits per heavy atom. The fraction of sp³-hybridized carbons (Fsp3) is 0.615. The van der Waals surface area contributed by atoms with E-state index in [1.807, 2.05) is 12.3 Å². The lowest BCUT2D eigenvalue weighted by atomic mass is 10.1. The second kappa shape index (κ2) is 5.85. The molecule has 90 valence electrons. The first-order valence-electron chi connectivity index (χ1n) is 5.97. The standard InChI is InChI=1S/C13H23N3/c1-5-12(14)13-7-6-11(8-15-13)16(4)9-10(2)3/h6-8,10,12H,5,9,14H2,1-4H3/t12-/m1/s1. The molecule has 0 fully saturated rings. The molecule has 0 aliphatic rings. The fourth-order valence-electron chi connectivity index (χ4n) is 1.70. The summed E-state index contributed by atoms with van der Waals surface area (Å²) < 4.78 is 0. The number of nitrogens with zero attached hydrogens (tertiary/aromatic N) is 2. The smallest absolute Gasteiger partial charge is 0.0572 e. The third-order valence-corrected chi connectivity index (χ3v) is 2.67. The molecule has 0 unspecified atom stereocenters. The molecule has 0 bridgehead atoms. The number of hydrogen-bond donors (Lipinski definition) is 1. The zero-order chi connectivity index (χ0) is 12.1. The molecule has 1 atom stereocenters. The average Bonchev–Trinajstić information content (AvgIpc) is 2.27. The number of pyridine rings is 1. The molecule has 16 heavy (non-hydrogen) atoms. The molecule has 0 aromatic carbocycles. The van der Waals surface area contributed by atoms with Gasteiger partial charge in [0.05, 0.1) is 17.6 Å². The van der Waals surface area contributed by atoms with Crippen molar-refractivity contribution in [1.29, 1.82) is 0 Å². The Hall–Kier alpha value is -1.09. The third kappa shape index (κ3) is 3.49. The van der Waals surface area contributed by atoms with Crippen LogP contribution in [0, 0.1) is 5.92 Å². The Bertz CT molecular complexity index is 305. The second-order valence-electron chi connectivity index (χ2n) is 4.73. The van der Waals surface area contributed by atoms with E-state index in [-0.39, 0.29) is 6.04 Å². The zero-order valence-corrected chi connectivity index (χ0v) is 10.8. The third-order valence-electron chi connectivity index (χ3n) is 2.67. The van der Waals surface area contributed by atoms with Gasteiger partial charge in [-0.2, -0.15) is 0 Å². The van der Waals surface area contributed by atoms with Crippen LogP contribution in [0.5, 0.6) is 0 Å². The predicted molar refractivity (Wildman–Crippen MR) is 69.6 cm³/mol. The monoisotopic (exact) mass is 221 g/mol. The summed E-state index contributed by atoms with van der Waals surface area (Å²) in [5.41, 5.74) is 8.05. The Morgan fingerprint density at radius 3 is 2.50 bits per heavy atom. The topological polar surface area (TPSA) is 42.1 Å². The maximum Gasteiger partial charge on any atom is 0.0572 e. The first-order valence-corrected chi connectivity index (χ1v) is 5.97. The van der Waals surface area contributed by atoms with Crippen molar-refractivity contribution >= 4 is 5.69 Å². The summed E-state index contributed by atoms with van der Waals surface area (Å²) >= 11 is 0. The molecular formula is C13H23N3. The molecule has 3 nitrogen and oxygen atoms in total. The summed E-state index contributed by atoms with van der Waals surface area (Å²) in [5, 5.41) is 0. The molecule has 1 aromatic heterocycles. The first-order chi connectivity index (χ1) is 7.54. The van der Waals surface area contributed by atoms with Crippen LogP contribution >= 0.6 is 0 Å². The highest BCUT2D eigenvalue weighted by Gasteiger charge is 2.07. The fourth-order valence-corrected chi connectivity index (χ4v) is 1.70. The molecule has 0 radical (unpaired) electrons. The molecule has 0 spiro atoms. The van der Waals surface area contributed by atoms with Gasteiger partial charge in [-0.05, 0) is 24.5 Å². The molecule has 0 aliphatic carbocycles. The lowest BCUT2D eigenvalue weighted by Crippen LogP contribution is -2.22. The van der Waals surface area contributed by atoms with Crippen molar-refractivity contribution in [3.8, 4) is 0 Å². The van der Waals surface area contributed by atoms with E-state index in [0.29, 0.717) is 5.92 Å². The molecule has 1 heterocycles. The van der Waals surface area contributed by atoms with Gasteiger partial charge in [0.25, 0.3) is 0 Å². The van der Waals surface area contributed by atoms with Gasteiger partial charge in [-0.25, -0.2) is 0 Å². The van der Waals surface area contributed by atoms with Crippen LogP contribution in [0.4, 0.5) is 5.69 Å². The number of hydrogen-bond acceptors (Lipinski definition) is 3. The van der Waals surface area contributed by atoms with Crippen LogP contribution in [0.1, 0.15) is 38.9 Å². The molecule has 0 saturated carbocycles. The van der Waals surface area contributed by atoms with Crippen molar-refractivity contribution < 1.29 is 0 Å². The summed E-state index contributed by atoms with van der Waals surface area (Å²) in [5.74, 6) is 0.655. The van der Waals surface area contributed by atoms with Crippen LogP contribution in [0.3, 0.4) is 0 Å². The van der Waals surface area contributed by atoms with Gasteiger partial charge in [0.15, 0.2) is 0 Å². The van der Waals surface area contributed by atoms with Gasteiger partial charge in [-0.3, -0.25) is 4.98 Å². The van der Waals surface area contributed by atoms with Gasteiger partial charge in [-0.1, -0.05) is 20.8 Å². The Kier molecular flexibility index (Phi) is 4.74. The highest BCUT2D eigenvalue weighted by atomic mass is 15.1. The van der Waals surface area contributed by atoms with Crippen LogP contribution in [0.15, 0.2) is 18.3 Å². The number of rotatable bonds is 5. The van der Waals surface area contributed by atoms with Crippen LogP contribution in [0.2, 0.25) is 0 Å². The highest BCUT2D eigenvalue weighted by molar-refractivity contribution is 5.43. The molecular weight excluding hydrogens is 198 g/mol. The summed E-state index contributed by atoms with van der Waals surface area (Å²) in [6.45, 7) is 7.54. The van der Waals surface area contributed by atoms with E-state index in [2.05, 4.69) is 43.8 Å². The molecule has 0 amide bonds. The molecule has 0 saturated heterocycles. The lowest BCUT2D eigenvalue weighted by molar-refractivity contribution is 0.636. The van der Waals surface area contributed by atoms with Crippen LogP contribution in [-0.2, 0) is 0 Å². The van der Waals surface area contributed by atoms with E-state index in [1.165, 1.54) is 0 Å². The van der Waals surface area contributed by atoms with Gasteiger partial charge in [0.2, 0.25) is 0 Å². The molecule has 3 heteroatoms. The van der Waals surface area contributed by atoms with Crippen LogP contribution in [-0.4, -0.2) is 18.6 Å². The van der Waals surface area contributed by atoms with E-state index < -0.39 is 0 Å². The second-order valence-corrected chi connectivity index (χ2v) is 4.73. The maximum absolute atomic E-state index is 5.93. The minimum Gasteiger partial charge on any atom is -0.373 e. The first kappa shape index (κ1) is 13.0. The van der Waals surface area contributed by atoms with Gasteiger partial charge >= 0.3 is 0 Å². The van der Waals surface area contributed by atoms with Crippen molar-refractivity contribution in [2.24, 2.45) is 11.7 Å². The maximum atomic E-state index is 5.93. The quantitative estimate of drug-likeness (QED) is 0.831. The Labute approximate surface area is 98.7 Å². The largest absolute Gasteiger partial charge is 0.373 e. The molecule has 2 N–H and O–H groups in total. The van der Waals surface area contributed by atoms with Gasteiger partial charge in [-0.15, -0.1) is 0 Å². The molecule has 0 aliphatic heterocycles. The van der Waals surface area contributed by atoms with Crippen molar-refractivity contribution in [3.05, 3.63) is 24.0 Å². The molecule has 1 rings (SSSR count). The van der Waals surface area contributed by atoms with Crippen LogP contribution < -0.4 is 10.6 Å². The van der Waals surface area contributed by atoms with E-state index in [4.69, 9.17) is 5.73 Å². The zero-order valence-electron chi connectivity index (χ0n) is 10.8. The Balaban J connectivity index is 2.70. The highest BCUT2D eigenvalue weighted by Crippen LogP contribution is 2.16.